The summed E-state index contributed by atoms with van der Waals surface area (Å²) in [6.07, 6.45) is 0.783. The number of nitrogens with zero attached hydrogens (tertiary/aromatic N) is 1. The molecule has 122 valence electrons. The van der Waals surface area contributed by atoms with E-state index < -0.39 is 0 Å². The van der Waals surface area contributed by atoms with E-state index >= 15 is 0 Å². The number of hydrogen-bond acceptors (Lipinski definition) is 4. The van der Waals surface area contributed by atoms with Gasteiger partial charge in [-0.3, -0.25) is 9.59 Å². The Hall–Kier alpha value is -2.08. The Labute approximate surface area is 131 Å². The average molecular weight is 307 g/mol. The van der Waals surface area contributed by atoms with Gasteiger partial charge in [-0.2, -0.15) is 0 Å². The van der Waals surface area contributed by atoms with Gasteiger partial charge in [0.2, 0.25) is 11.8 Å². The Balaban J connectivity index is 2.73. The van der Waals surface area contributed by atoms with Gasteiger partial charge >= 0.3 is 0 Å². The standard InChI is InChI=1S/C16H25N3O3/c1-4-9-19(16(21)12(2)10-17)11-15(20)18-13-7-5-6-8-14(13)22-3/h5-8,12H,4,9-11,17H2,1-3H3,(H,18,20). The molecule has 0 fully saturated rings. The van der Waals surface area contributed by atoms with E-state index in [2.05, 4.69) is 5.32 Å². The third-order valence-corrected chi connectivity index (χ3v) is 3.30. The van der Waals surface area contributed by atoms with Crippen LogP contribution in [0.15, 0.2) is 24.3 Å². The highest BCUT2D eigenvalue weighted by Gasteiger charge is 2.21. The van der Waals surface area contributed by atoms with Crippen molar-refractivity contribution in [1.29, 1.82) is 0 Å². The molecule has 0 radical (unpaired) electrons. The molecule has 1 aromatic rings. The highest BCUT2D eigenvalue weighted by molar-refractivity contribution is 5.95. The first kappa shape index (κ1) is 18.0. The molecule has 1 rings (SSSR count). The van der Waals surface area contributed by atoms with Crippen LogP contribution in [0.25, 0.3) is 0 Å². The third-order valence-electron chi connectivity index (χ3n) is 3.30. The Morgan fingerprint density at radius 2 is 2.05 bits per heavy atom. The lowest BCUT2D eigenvalue weighted by Gasteiger charge is -2.24. The molecule has 1 atom stereocenters. The zero-order valence-electron chi connectivity index (χ0n) is 13.5. The number of carbonyl (C=O) groups excluding carboxylic acids is 2. The smallest absolute Gasteiger partial charge is 0.244 e. The molecule has 0 aliphatic heterocycles. The first-order valence-corrected chi connectivity index (χ1v) is 7.45. The molecule has 3 N–H and O–H groups in total. The molecule has 0 saturated heterocycles. The molecule has 0 aliphatic rings. The van der Waals surface area contributed by atoms with Crippen LogP contribution < -0.4 is 15.8 Å². The summed E-state index contributed by atoms with van der Waals surface area (Å²) in [7, 11) is 1.54. The van der Waals surface area contributed by atoms with Crippen molar-refractivity contribution in [3.63, 3.8) is 0 Å². The van der Waals surface area contributed by atoms with Crippen LogP contribution in [0.5, 0.6) is 5.75 Å². The number of carbonyl (C=O) groups is 2. The molecule has 0 aromatic heterocycles. The predicted octanol–water partition coefficient (Wildman–Crippen LogP) is 1.47. The normalized spacial score (nSPS) is 11.6. The molecule has 0 aliphatic carbocycles. The number of hydrogen-bond donors (Lipinski definition) is 2. The Kier molecular flexibility index (Phi) is 7.39. The van der Waals surface area contributed by atoms with E-state index in [4.69, 9.17) is 10.5 Å². The van der Waals surface area contributed by atoms with Gasteiger partial charge in [0.15, 0.2) is 0 Å². The van der Waals surface area contributed by atoms with E-state index in [-0.39, 0.29) is 30.8 Å². The van der Waals surface area contributed by atoms with Gasteiger partial charge in [0, 0.05) is 19.0 Å². The number of nitrogens with one attached hydrogen (secondary N) is 1. The quantitative estimate of drug-likeness (QED) is 0.761. The summed E-state index contributed by atoms with van der Waals surface area (Å²) in [6.45, 7) is 4.54. The second kappa shape index (κ2) is 9.04. The van der Waals surface area contributed by atoms with Gasteiger partial charge in [0.25, 0.3) is 0 Å². The van der Waals surface area contributed by atoms with Gasteiger partial charge in [-0.05, 0) is 18.6 Å². The van der Waals surface area contributed by atoms with Crippen molar-refractivity contribution in [3.05, 3.63) is 24.3 Å². The summed E-state index contributed by atoms with van der Waals surface area (Å²) in [4.78, 5) is 25.9. The van der Waals surface area contributed by atoms with Crippen LogP contribution in [0.1, 0.15) is 20.3 Å². The molecule has 0 bridgehead atoms. The lowest BCUT2D eigenvalue weighted by atomic mass is 10.1. The number of anilines is 1. The van der Waals surface area contributed by atoms with Crippen molar-refractivity contribution >= 4 is 17.5 Å². The van der Waals surface area contributed by atoms with Crippen LogP contribution >= 0.6 is 0 Å². The third kappa shape index (κ3) is 5.04. The second-order valence-electron chi connectivity index (χ2n) is 5.15. The highest BCUT2D eigenvalue weighted by atomic mass is 16.5. The Morgan fingerprint density at radius 1 is 1.36 bits per heavy atom. The van der Waals surface area contributed by atoms with Crippen molar-refractivity contribution in [2.24, 2.45) is 11.7 Å². The van der Waals surface area contributed by atoms with Crippen molar-refractivity contribution in [1.82, 2.24) is 4.90 Å². The number of para-hydroxylation sites is 2. The molecule has 0 spiro atoms. The summed E-state index contributed by atoms with van der Waals surface area (Å²) < 4.78 is 5.19. The van der Waals surface area contributed by atoms with Gasteiger partial charge in [0.1, 0.15) is 5.75 Å². The fraction of sp³-hybridized carbons (Fsp3) is 0.500. The molecule has 6 nitrogen and oxygen atoms in total. The molecular weight excluding hydrogens is 282 g/mol. The van der Waals surface area contributed by atoms with E-state index in [1.54, 1.807) is 31.1 Å². The largest absolute Gasteiger partial charge is 0.495 e. The maximum atomic E-state index is 12.2. The van der Waals surface area contributed by atoms with Crippen LogP contribution in [0, 0.1) is 5.92 Å². The SMILES string of the molecule is CCCN(CC(=O)Nc1ccccc1OC)C(=O)C(C)CN. The molecule has 22 heavy (non-hydrogen) atoms. The number of amides is 2. The Bertz CT molecular complexity index is 505. The fourth-order valence-corrected chi connectivity index (χ4v) is 2.06. The number of rotatable bonds is 8. The van der Waals surface area contributed by atoms with Crippen LogP contribution in [-0.4, -0.2) is 43.5 Å². The minimum atomic E-state index is -0.286. The summed E-state index contributed by atoms with van der Waals surface area (Å²) in [6, 6.07) is 7.15. The summed E-state index contributed by atoms with van der Waals surface area (Å²) in [5.74, 6) is -0.0554. The molecule has 2 amide bonds. The van der Waals surface area contributed by atoms with E-state index in [0.717, 1.165) is 6.42 Å². The first-order valence-electron chi connectivity index (χ1n) is 7.45. The van der Waals surface area contributed by atoms with E-state index in [0.29, 0.717) is 18.0 Å². The zero-order valence-corrected chi connectivity index (χ0v) is 13.5. The van der Waals surface area contributed by atoms with Gasteiger partial charge in [-0.1, -0.05) is 26.0 Å². The lowest BCUT2D eigenvalue weighted by molar-refractivity contribution is -0.137. The summed E-state index contributed by atoms with van der Waals surface area (Å²) >= 11 is 0. The topological polar surface area (TPSA) is 84.7 Å². The molecule has 0 saturated carbocycles. The first-order chi connectivity index (χ1) is 10.5. The van der Waals surface area contributed by atoms with E-state index in [9.17, 15) is 9.59 Å². The minimum Gasteiger partial charge on any atom is -0.495 e. The zero-order chi connectivity index (χ0) is 16.5. The van der Waals surface area contributed by atoms with Crippen LogP contribution in [0.4, 0.5) is 5.69 Å². The maximum absolute atomic E-state index is 12.2. The van der Waals surface area contributed by atoms with Gasteiger partial charge in [-0.15, -0.1) is 0 Å². The number of benzene rings is 1. The minimum absolute atomic E-state index is 0.00899. The van der Waals surface area contributed by atoms with Gasteiger partial charge in [0.05, 0.1) is 19.3 Å². The number of methoxy groups -OCH3 is 1. The molecule has 0 heterocycles. The molecule has 1 unspecified atom stereocenters. The molecular formula is C16H25N3O3. The number of nitrogens with two attached hydrogens (primary N) is 1. The number of ether oxygens (including phenoxy) is 1. The van der Waals surface area contributed by atoms with Gasteiger partial charge < -0.3 is 20.7 Å². The van der Waals surface area contributed by atoms with E-state index in [1.807, 2.05) is 19.1 Å². The average Bonchev–Trinajstić information content (AvgIpc) is 2.53. The summed E-state index contributed by atoms with van der Waals surface area (Å²) in [5, 5.41) is 2.77. The maximum Gasteiger partial charge on any atom is 0.244 e. The molecule has 6 heteroatoms. The predicted molar refractivity (Wildman–Crippen MR) is 86.7 cm³/mol. The van der Waals surface area contributed by atoms with Gasteiger partial charge in [-0.25, -0.2) is 0 Å². The highest BCUT2D eigenvalue weighted by Crippen LogP contribution is 2.22. The van der Waals surface area contributed by atoms with Crippen LogP contribution in [0.3, 0.4) is 0 Å². The van der Waals surface area contributed by atoms with Crippen LogP contribution in [0.2, 0.25) is 0 Å². The van der Waals surface area contributed by atoms with Crippen molar-refractivity contribution in [2.45, 2.75) is 20.3 Å². The summed E-state index contributed by atoms with van der Waals surface area (Å²) in [5.41, 5.74) is 6.12. The van der Waals surface area contributed by atoms with Crippen molar-refractivity contribution in [2.75, 3.05) is 32.1 Å². The fourth-order valence-electron chi connectivity index (χ4n) is 2.06. The van der Waals surface area contributed by atoms with Crippen LogP contribution in [-0.2, 0) is 9.59 Å². The lowest BCUT2D eigenvalue weighted by Crippen LogP contribution is -2.42. The van der Waals surface area contributed by atoms with Crippen molar-refractivity contribution in [3.8, 4) is 5.75 Å². The van der Waals surface area contributed by atoms with Crippen molar-refractivity contribution < 1.29 is 14.3 Å². The second-order valence-corrected chi connectivity index (χ2v) is 5.15. The monoisotopic (exact) mass is 307 g/mol. The molecule has 1 aromatic carbocycles. The van der Waals surface area contributed by atoms with E-state index in [1.165, 1.54) is 0 Å². The Morgan fingerprint density at radius 3 is 2.64 bits per heavy atom.